The van der Waals surface area contributed by atoms with Crippen molar-refractivity contribution in [2.24, 2.45) is 7.05 Å². The summed E-state index contributed by atoms with van der Waals surface area (Å²) in [5.74, 6) is 0.771. The van der Waals surface area contributed by atoms with E-state index in [9.17, 15) is 4.79 Å². The van der Waals surface area contributed by atoms with Crippen LogP contribution in [-0.4, -0.2) is 31.8 Å². The number of pyridine rings is 2. The Bertz CT molecular complexity index is 872. The van der Waals surface area contributed by atoms with Crippen molar-refractivity contribution in [1.82, 2.24) is 19.7 Å². The largest absolute Gasteiger partial charge is 0.474 e. The first-order valence-corrected chi connectivity index (χ1v) is 8.34. The smallest absolute Gasteiger partial charge is 0.258 e. The molecule has 130 valence electrons. The van der Waals surface area contributed by atoms with Crippen molar-refractivity contribution in [2.45, 2.75) is 32.8 Å². The molecule has 3 aromatic rings. The lowest BCUT2D eigenvalue weighted by molar-refractivity contribution is 0.102. The molecular formula is C18H21N5O2. The molecule has 0 aromatic carbocycles. The zero-order chi connectivity index (χ0) is 17.8. The Morgan fingerprint density at radius 1 is 1.28 bits per heavy atom. The summed E-state index contributed by atoms with van der Waals surface area (Å²) in [6, 6.07) is 7.09. The number of amides is 1. The molecule has 0 bridgehead atoms. The highest BCUT2D eigenvalue weighted by Gasteiger charge is 2.15. The van der Waals surface area contributed by atoms with E-state index in [1.165, 1.54) is 6.20 Å². The van der Waals surface area contributed by atoms with E-state index in [0.717, 1.165) is 18.2 Å². The summed E-state index contributed by atoms with van der Waals surface area (Å²) in [4.78, 5) is 20.8. The zero-order valence-corrected chi connectivity index (χ0v) is 14.6. The maximum atomic E-state index is 12.3. The number of carbonyl (C=O) groups excluding carboxylic acids is 1. The SMILES string of the molecule is CCC(CC)Oc1ccc2c(NC(=O)c3cccnc3)nn(C)c2n1. The van der Waals surface area contributed by atoms with Gasteiger partial charge in [-0.3, -0.25) is 9.78 Å². The van der Waals surface area contributed by atoms with Crippen LogP contribution in [0.1, 0.15) is 37.0 Å². The predicted molar refractivity (Wildman–Crippen MR) is 95.7 cm³/mol. The van der Waals surface area contributed by atoms with Crippen molar-refractivity contribution in [3.8, 4) is 5.88 Å². The highest BCUT2D eigenvalue weighted by Crippen LogP contribution is 2.24. The minimum absolute atomic E-state index is 0.142. The molecule has 0 aliphatic heterocycles. The van der Waals surface area contributed by atoms with Crippen LogP contribution >= 0.6 is 0 Å². The fourth-order valence-electron chi connectivity index (χ4n) is 2.57. The van der Waals surface area contributed by atoms with Crippen LogP contribution in [-0.2, 0) is 7.05 Å². The van der Waals surface area contributed by atoms with E-state index in [2.05, 4.69) is 34.2 Å². The van der Waals surface area contributed by atoms with Crippen LogP contribution in [0.25, 0.3) is 11.0 Å². The van der Waals surface area contributed by atoms with Crippen molar-refractivity contribution in [1.29, 1.82) is 0 Å². The van der Waals surface area contributed by atoms with Gasteiger partial charge in [-0.1, -0.05) is 13.8 Å². The van der Waals surface area contributed by atoms with E-state index in [-0.39, 0.29) is 12.0 Å². The number of fused-ring (bicyclic) bond motifs is 1. The molecule has 3 rings (SSSR count). The number of nitrogens with zero attached hydrogens (tertiary/aromatic N) is 4. The maximum absolute atomic E-state index is 12.3. The third-order valence-corrected chi connectivity index (χ3v) is 4.01. The van der Waals surface area contributed by atoms with E-state index in [1.807, 2.05) is 12.1 Å². The molecule has 0 saturated heterocycles. The molecule has 25 heavy (non-hydrogen) atoms. The third kappa shape index (κ3) is 3.60. The first-order chi connectivity index (χ1) is 12.1. The molecule has 7 heteroatoms. The zero-order valence-electron chi connectivity index (χ0n) is 14.6. The molecular weight excluding hydrogens is 318 g/mol. The fourth-order valence-corrected chi connectivity index (χ4v) is 2.57. The van der Waals surface area contributed by atoms with Crippen molar-refractivity contribution in [2.75, 3.05) is 5.32 Å². The highest BCUT2D eigenvalue weighted by atomic mass is 16.5. The second kappa shape index (κ2) is 7.29. The van der Waals surface area contributed by atoms with Crippen LogP contribution in [0.5, 0.6) is 5.88 Å². The third-order valence-electron chi connectivity index (χ3n) is 4.01. The Morgan fingerprint density at radius 3 is 2.76 bits per heavy atom. The summed E-state index contributed by atoms with van der Waals surface area (Å²) in [5.41, 5.74) is 1.13. The van der Waals surface area contributed by atoms with Gasteiger partial charge in [0.05, 0.1) is 17.1 Å². The van der Waals surface area contributed by atoms with Gasteiger partial charge in [0.2, 0.25) is 5.88 Å². The Morgan fingerprint density at radius 2 is 2.08 bits per heavy atom. The lowest BCUT2D eigenvalue weighted by Crippen LogP contribution is -2.14. The first kappa shape index (κ1) is 16.9. The van der Waals surface area contributed by atoms with Gasteiger partial charge in [0.1, 0.15) is 0 Å². The lowest BCUT2D eigenvalue weighted by atomic mass is 10.2. The molecule has 3 aromatic heterocycles. The molecule has 0 spiro atoms. The number of rotatable bonds is 6. The second-order valence-corrected chi connectivity index (χ2v) is 5.75. The summed E-state index contributed by atoms with van der Waals surface area (Å²) < 4.78 is 7.52. The molecule has 0 aliphatic rings. The van der Waals surface area contributed by atoms with Gasteiger partial charge in [0.25, 0.3) is 5.91 Å². The number of ether oxygens (including phenoxy) is 1. The first-order valence-electron chi connectivity index (χ1n) is 8.34. The van der Waals surface area contributed by atoms with Gasteiger partial charge >= 0.3 is 0 Å². The summed E-state index contributed by atoms with van der Waals surface area (Å²) in [5, 5.41) is 7.94. The van der Waals surface area contributed by atoms with Crippen molar-refractivity contribution < 1.29 is 9.53 Å². The summed E-state index contributed by atoms with van der Waals surface area (Å²) in [6.45, 7) is 4.17. The average Bonchev–Trinajstić information content (AvgIpc) is 2.95. The monoisotopic (exact) mass is 339 g/mol. The predicted octanol–water partition coefficient (Wildman–Crippen LogP) is 3.18. The van der Waals surface area contributed by atoms with Gasteiger partial charge in [-0.25, -0.2) is 4.68 Å². The van der Waals surface area contributed by atoms with Crippen molar-refractivity contribution in [3.63, 3.8) is 0 Å². The number of nitrogens with one attached hydrogen (secondary N) is 1. The lowest BCUT2D eigenvalue weighted by Gasteiger charge is -2.14. The van der Waals surface area contributed by atoms with Gasteiger partial charge in [0.15, 0.2) is 11.5 Å². The average molecular weight is 339 g/mol. The standard InChI is InChI=1S/C18H21N5O2/c1-4-13(5-2)25-15-9-8-14-16(22-23(3)17(14)20-15)21-18(24)12-7-6-10-19-11-12/h6-11,13H,4-5H2,1-3H3,(H,21,22,24). The van der Waals surface area contributed by atoms with Crippen LogP contribution in [0.15, 0.2) is 36.7 Å². The molecule has 0 fully saturated rings. The van der Waals surface area contributed by atoms with Crippen LogP contribution in [0, 0.1) is 0 Å². The number of anilines is 1. The van der Waals surface area contributed by atoms with E-state index >= 15 is 0 Å². The minimum atomic E-state index is -0.259. The van der Waals surface area contributed by atoms with E-state index in [4.69, 9.17) is 4.74 Å². The number of aromatic nitrogens is 4. The van der Waals surface area contributed by atoms with Gasteiger partial charge < -0.3 is 10.1 Å². The molecule has 7 nitrogen and oxygen atoms in total. The van der Waals surface area contributed by atoms with Crippen molar-refractivity contribution in [3.05, 3.63) is 42.2 Å². The van der Waals surface area contributed by atoms with Crippen LogP contribution in [0.2, 0.25) is 0 Å². The number of aryl methyl sites for hydroxylation is 1. The molecule has 0 radical (unpaired) electrons. The Kier molecular flexibility index (Phi) is 4.92. The van der Waals surface area contributed by atoms with E-state index < -0.39 is 0 Å². The van der Waals surface area contributed by atoms with Crippen LogP contribution < -0.4 is 10.1 Å². The van der Waals surface area contributed by atoms with Gasteiger partial charge in [0, 0.05) is 25.5 Å². The van der Waals surface area contributed by atoms with Crippen LogP contribution in [0.4, 0.5) is 5.82 Å². The molecule has 0 aliphatic carbocycles. The fraction of sp³-hybridized carbons (Fsp3) is 0.333. The van der Waals surface area contributed by atoms with E-state index in [0.29, 0.717) is 22.9 Å². The topological polar surface area (TPSA) is 81.9 Å². The Labute approximate surface area is 146 Å². The summed E-state index contributed by atoms with van der Waals surface area (Å²) in [7, 11) is 1.79. The Balaban J connectivity index is 1.87. The normalized spacial score (nSPS) is 11.0. The minimum Gasteiger partial charge on any atom is -0.474 e. The van der Waals surface area contributed by atoms with Gasteiger partial charge in [-0.05, 0) is 31.0 Å². The summed E-state index contributed by atoms with van der Waals surface area (Å²) in [6.07, 6.45) is 5.13. The van der Waals surface area contributed by atoms with E-state index in [1.54, 1.807) is 30.1 Å². The number of hydrogen-bond donors (Lipinski definition) is 1. The second-order valence-electron chi connectivity index (χ2n) is 5.75. The molecule has 0 saturated carbocycles. The highest BCUT2D eigenvalue weighted by molar-refractivity contribution is 6.07. The number of hydrogen-bond acceptors (Lipinski definition) is 5. The molecule has 3 heterocycles. The molecule has 1 N–H and O–H groups in total. The summed E-state index contributed by atoms with van der Waals surface area (Å²) >= 11 is 0. The van der Waals surface area contributed by atoms with Gasteiger partial charge in [-0.15, -0.1) is 0 Å². The van der Waals surface area contributed by atoms with Crippen LogP contribution in [0.3, 0.4) is 0 Å². The quantitative estimate of drug-likeness (QED) is 0.746. The number of carbonyl (C=O) groups is 1. The Hall–Kier alpha value is -2.96. The van der Waals surface area contributed by atoms with Crippen molar-refractivity contribution >= 4 is 22.8 Å². The van der Waals surface area contributed by atoms with Gasteiger partial charge in [-0.2, -0.15) is 10.1 Å². The molecule has 1 amide bonds. The molecule has 0 unspecified atom stereocenters. The maximum Gasteiger partial charge on any atom is 0.258 e. The molecule has 0 atom stereocenters.